The minimum Gasteiger partial charge on any atom is -0.486 e. The van der Waals surface area contributed by atoms with Gasteiger partial charge in [-0.3, -0.25) is 19.0 Å². The quantitative estimate of drug-likeness (QED) is 0.351. The molecule has 0 radical (unpaired) electrons. The molecule has 0 bridgehead atoms. The molecule has 34 heavy (non-hydrogen) atoms. The number of carbonyl (C=O) groups excluding carboxylic acids is 2. The number of carbonyl (C=O) groups is 2. The molecule has 0 aliphatic carbocycles. The van der Waals surface area contributed by atoms with Gasteiger partial charge in [0.05, 0.1) is 29.5 Å². The third-order valence-electron chi connectivity index (χ3n) is 5.17. The Labute approximate surface area is 204 Å². The minimum atomic E-state index is -0.503. The third-order valence-corrected chi connectivity index (χ3v) is 5.69. The summed E-state index contributed by atoms with van der Waals surface area (Å²) in [7, 11) is 1.79. The Morgan fingerprint density at radius 1 is 1.03 bits per heavy atom. The molecule has 0 aliphatic rings. The van der Waals surface area contributed by atoms with Crippen LogP contribution in [0.4, 0.5) is 11.4 Å². The summed E-state index contributed by atoms with van der Waals surface area (Å²) in [5.74, 6) is 0.346. The summed E-state index contributed by atoms with van der Waals surface area (Å²) in [4.78, 5) is 25.8. The fourth-order valence-corrected chi connectivity index (χ4v) is 3.47. The van der Waals surface area contributed by atoms with Crippen LogP contribution in [0.25, 0.3) is 0 Å². The number of halogens is 1. The molecule has 4 aromatic rings. The average molecular weight is 527 g/mol. The van der Waals surface area contributed by atoms with Crippen LogP contribution in [0, 0.1) is 6.92 Å². The summed E-state index contributed by atoms with van der Waals surface area (Å²) in [5, 5.41) is 13.9. The summed E-state index contributed by atoms with van der Waals surface area (Å²) >= 11 is 3.38. The Kier molecular flexibility index (Phi) is 6.82. The summed E-state index contributed by atoms with van der Waals surface area (Å²) in [5.41, 5.74) is 1.88. The van der Waals surface area contributed by atoms with Crippen LogP contribution in [0.5, 0.6) is 5.75 Å². The molecule has 0 saturated carbocycles. The van der Waals surface area contributed by atoms with Crippen LogP contribution in [0.15, 0.2) is 57.7 Å². The highest BCUT2D eigenvalue weighted by molar-refractivity contribution is 9.10. The van der Waals surface area contributed by atoms with E-state index in [0.717, 1.165) is 10.2 Å². The van der Waals surface area contributed by atoms with Gasteiger partial charge in [0.15, 0.2) is 5.76 Å². The fourth-order valence-electron chi connectivity index (χ4n) is 3.21. The predicted octanol–water partition coefficient (Wildman–Crippen LogP) is 4.38. The topological polar surface area (TPSA) is 116 Å². The highest BCUT2D eigenvalue weighted by atomic mass is 79.9. The van der Waals surface area contributed by atoms with Gasteiger partial charge in [0, 0.05) is 18.1 Å². The van der Waals surface area contributed by atoms with Gasteiger partial charge in [-0.15, -0.1) is 0 Å². The summed E-state index contributed by atoms with van der Waals surface area (Å²) < 4.78 is 15.4. The van der Waals surface area contributed by atoms with E-state index >= 15 is 0 Å². The second-order valence-electron chi connectivity index (χ2n) is 7.41. The Hall–Kier alpha value is -3.86. The van der Waals surface area contributed by atoms with Crippen molar-refractivity contribution in [2.24, 2.45) is 7.05 Å². The van der Waals surface area contributed by atoms with Gasteiger partial charge in [-0.05, 0) is 50.2 Å². The zero-order chi connectivity index (χ0) is 24.2. The Morgan fingerprint density at radius 3 is 2.41 bits per heavy atom. The lowest BCUT2D eigenvalue weighted by atomic mass is 10.3. The van der Waals surface area contributed by atoms with Gasteiger partial charge in [0.25, 0.3) is 11.8 Å². The van der Waals surface area contributed by atoms with Crippen LogP contribution >= 0.6 is 15.9 Å². The van der Waals surface area contributed by atoms with Gasteiger partial charge < -0.3 is 19.8 Å². The molecule has 10 nitrogen and oxygen atoms in total. The minimum absolute atomic E-state index is 0.0908. The normalized spacial score (nSPS) is 10.8. The second kappa shape index (κ2) is 9.96. The number of hydrogen-bond acceptors (Lipinski definition) is 6. The number of hydrogen-bond donors (Lipinski definition) is 2. The lowest BCUT2D eigenvalue weighted by Crippen LogP contribution is -2.21. The molecule has 176 valence electrons. The van der Waals surface area contributed by atoms with Crippen molar-refractivity contribution in [1.29, 1.82) is 0 Å². The standard InChI is InChI=1S/C23H23BrN6O4/c1-4-30-21(23(32)27-18-11-25-29(3)14(18)2)19(12-26-30)28-22(31)20-10-9-17(34-20)13-33-16-7-5-15(24)6-8-16/h5-12H,4,13H2,1-3H3,(H,27,32)(H,28,31). The van der Waals surface area contributed by atoms with Crippen molar-refractivity contribution < 1.29 is 18.7 Å². The van der Waals surface area contributed by atoms with Gasteiger partial charge >= 0.3 is 0 Å². The van der Waals surface area contributed by atoms with Crippen molar-refractivity contribution in [3.05, 3.63) is 76.2 Å². The highest BCUT2D eigenvalue weighted by Gasteiger charge is 2.22. The van der Waals surface area contributed by atoms with Gasteiger partial charge in [-0.25, -0.2) is 0 Å². The highest BCUT2D eigenvalue weighted by Crippen LogP contribution is 2.22. The first-order valence-corrected chi connectivity index (χ1v) is 11.3. The van der Waals surface area contributed by atoms with Crippen LogP contribution in [-0.4, -0.2) is 31.4 Å². The molecule has 0 spiro atoms. The molecule has 11 heteroatoms. The number of rotatable bonds is 8. The van der Waals surface area contributed by atoms with E-state index in [4.69, 9.17) is 9.15 Å². The lowest BCUT2D eigenvalue weighted by molar-refractivity contribution is 0.0992. The molecule has 4 rings (SSSR count). The van der Waals surface area contributed by atoms with E-state index in [1.807, 2.05) is 38.1 Å². The Morgan fingerprint density at radius 2 is 1.74 bits per heavy atom. The van der Waals surface area contributed by atoms with Crippen molar-refractivity contribution in [2.75, 3.05) is 10.6 Å². The molecule has 3 heterocycles. The SMILES string of the molecule is CCn1ncc(NC(=O)c2ccc(COc3ccc(Br)cc3)o2)c1C(=O)Nc1cnn(C)c1C. The molecule has 2 amide bonds. The fraction of sp³-hybridized carbons (Fsp3) is 0.217. The number of nitrogens with one attached hydrogen (secondary N) is 2. The number of aromatic nitrogens is 4. The van der Waals surface area contributed by atoms with Crippen molar-refractivity contribution in [2.45, 2.75) is 27.0 Å². The van der Waals surface area contributed by atoms with Crippen LogP contribution in [0.3, 0.4) is 0 Å². The smallest absolute Gasteiger partial charge is 0.291 e. The number of amides is 2. The van der Waals surface area contributed by atoms with E-state index in [1.165, 1.54) is 10.9 Å². The van der Waals surface area contributed by atoms with E-state index in [0.29, 0.717) is 23.7 Å². The van der Waals surface area contributed by atoms with Crippen LogP contribution in [0.1, 0.15) is 39.4 Å². The number of anilines is 2. The number of nitrogens with zero attached hydrogens (tertiary/aromatic N) is 4. The number of ether oxygens (including phenoxy) is 1. The van der Waals surface area contributed by atoms with Crippen molar-refractivity contribution >= 4 is 39.1 Å². The summed E-state index contributed by atoms with van der Waals surface area (Å²) in [6.45, 7) is 4.32. The van der Waals surface area contributed by atoms with E-state index in [9.17, 15) is 9.59 Å². The van der Waals surface area contributed by atoms with Crippen LogP contribution < -0.4 is 15.4 Å². The molecule has 2 N–H and O–H groups in total. The van der Waals surface area contributed by atoms with Crippen LogP contribution in [-0.2, 0) is 20.2 Å². The maximum absolute atomic E-state index is 13.0. The number of aryl methyl sites for hydroxylation is 2. The van der Waals surface area contributed by atoms with Gasteiger partial charge in [0.2, 0.25) is 0 Å². The number of benzene rings is 1. The molecular formula is C23H23BrN6O4. The molecule has 0 saturated heterocycles. The van der Waals surface area contributed by atoms with E-state index < -0.39 is 11.8 Å². The maximum Gasteiger partial charge on any atom is 0.291 e. The molecule has 3 aromatic heterocycles. The molecule has 0 unspecified atom stereocenters. The van der Waals surface area contributed by atoms with Gasteiger partial charge in [-0.2, -0.15) is 10.2 Å². The van der Waals surface area contributed by atoms with E-state index in [2.05, 4.69) is 36.8 Å². The van der Waals surface area contributed by atoms with Crippen molar-refractivity contribution in [1.82, 2.24) is 19.6 Å². The first kappa shape index (κ1) is 23.3. The van der Waals surface area contributed by atoms with Crippen molar-refractivity contribution in [3.63, 3.8) is 0 Å². The largest absolute Gasteiger partial charge is 0.486 e. The van der Waals surface area contributed by atoms with Gasteiger partial charge in [0.1, 0.15) is 23.8 Å². The summed E-state index contributed by atoms with van der Waals surface area (Å²) in [6.07, 6.45) is 3.01. The lowest BCUT2D eigenvalue weighted by Gasteiger charge is -2.09. The number of furan rings is 1. The predicted molar refractivity (Wildman–Crippen MR) is 129 cm³/mol. The molecule has 1 aromatic carbocycles. The Bertz CT molecular complexity index is 1320. The van der Waals surface area contributed by atoms with Crippen LogP contribution in [0.2, 0.25) is 0 Å². The maximum atomic E-state index is 13.0. The monoisotopic (exact) mass is 526 g/mol. The van der Waals surface area contributed by atoms with E-state index in [1.54, 1.807) is 30.1 Å². The molecule has 0 aliphatic heterocycles. The average Bonchev–Trinajstić information content (AvgIpc) is 3.54. The first-order valence-electron chi connectivity index (χ1n) is 10.5. The zero-order valence-corrected chi connectivity index (χ0v) is 20.4. The molecule has 0 fully saturated rings. The molecule has 0 atom stereocenters. The second-order valence-corrected chi connectivity index (χ2v) is 8.32. The summed E-state index contributed by atoms with van der Waals surface area (Å²) in [6, 6.07) is 10.6. The van der Waals surface area contributed by atoms with E-state index in [-0.39, 0.29) is 23.7 Å². The Balaban J connectivity index is 1.45. The third kappa shape index (κ3) is 5.04. The molecular weight excluding hydrogens is 504 g/mol. The zero-order valence-electron chi connectivity index (χ0n) is 18.8. The van der Waals surface area contributed by atoms with Gasteiger partial charge in [-0.1, -0.05) is 15.9 Å². The van der Waals surface area contributed by atoms with Crippen molar-refractivity contribution in [3.8, 4) is 5.75 Å². The first-order chi connectivity index (χ1) is 16.4.